The Morgan fingerprint density at radius 1 is 1.07 bits per heavy atom. The van der Waals surface area contributed by atoms with Crippen molar-refractivity contribution in [2.75, 3.05) is 11.9 Å². The lowest BCUT2D eigenvalue weighted by Gasteiger charge is -2.12. The zero-order valence-electron chi connectivity index (χ0n) is 16.1. The fourth-order valence-electron chi connectivity index (χ4n) is 3.14. The van der Waals surface area contributed by atoms with Gasteiger partial charge in [-0.1, -0.05) is 18.2 Å². The van der Waals surface area contributed by atoms with E-state index in [-0.39, 0.29) is 23.8 Å². The lowest BCUT2D eigenvalue weighted by Crippen LogP contribution is -2.22. The number of halogens is 1. The molecule has 1 amide bonds. The van der Waals surface area contributed by atoms with Crippen LogP contribution in [0.5, 0.6) is 5.75 Å². The van der Waals surface area contributed by atoms with Crippen molar-refractivity contribution in [3.05, 3.63) is 94.8 Å². The van der Waals surface area contributed by atoms with Crippen LogP contribution in [-0.2, 0) is 4.79 Å². The highest BCUT2D eigenvalue weighted by atomic mass is 19.1. The van der Waals surface area contributed by atoms with E-state index in [1.54, 1.807) is 55.5 Å². The van der Waals surface area contributed by atoms with Gasteiger partial charge in [-0.2, -0.15) is 0 Å². The fraction of sp³-hybridized carbons (Fsp3) is 0.0870. The van der Waals surface area contributed by atoms with Crippen LogP contribution in [0, 0.1) is 12.7 Å². The van der Waals surface area contributed by atoms with Gasteiger partial charge >= 0.3 is 0 Å². The van der Waals surface area contributed by atoms with Crippen molar-refractivity contribution in [1.29, 1.82) is 0 Å². The van der Waals surface area contributed by atoms with E-state index in [4.69, 9.17) is 4.74 Å². The minimum Gasteiger partial charge on any atom is -0.484 e. The van der Waals surface area contributed by atoms with Crippen molar-refractivity contribution >= 4 is 22.5 Å². The number of nitrogens with zero attached hydrogens (tertiary/aromatic N) is 2. The van der Waals surface area contributed by atoms with E-state index in [0.29, 0.717) is 28.1 Å². The molecule has 0 saturated carbocycles. The normalized spacial score (nSPS) is 10.7. The van der Waals surface area contributed by atoms with E-state index in [1.165, 1.54) is 22.8 Å². The zero-order chi connectivity index (χ0) is 21.1. The minimum absolute atomic E-state index is 0.154. The predicted molar refractivity (Wildman–Crippen MR) is 113 cm³/mol. The molecule has 4 rings (SSSR count). The second kappa shape index (κ2) is 8.16. The number of carbonyl (C=O) groups excluding carboxylic acids is 1. The van der Waals surface area contributed by atoms with E-state index >= 15 is 0 Å². The highest BCUT2D eigenvalue weighted by Crippen LogP contribution is 2.16. The molecule has 150 valence electrons. The SMILES string of the molecule is Cc1nc2ccccc2c(=O)n1-c1ccc(NC(=O)COc2cccc(F)c2)cc1. The number of benzene rings is 3. The summed E-state index contributed by atoms with van der Waals surface area (Å²) in [4.78, 5) is 29.4. The molecule has 3 aromatic carbocycles. The average molecular weight is 403 g/mol. The van der Waals surface area contributed by atoms with Gasteiger partial charge in [-0.05, 0) is 55.5 Å². The first-order valence-corrected chi connectivity index (χ1v) is 9.28. The molecule has 0 aliphatic carbocycles. The summed E-state index contributed by atoms with van der Waals surface area (Å²) in [7, 11) is 0. The van der Waals surface area contributed by atoms with E-state index < -0.39 is 5.82 Å². The molecular weight excluding hydrogens is 385 g/mol. The number of aromatic nitrogens is 2. The lowest BCUT2D eigenvalue weighted by atomic mass is 10.2. The lowest BCUT2D eigenvalue weighted by molar-refractivity contribution is -0.118. The summed E-state index contributed by atoms with van der Waals surface area (Å²) in [5, 5.41) is 3.24. The van der Waals surface area contributed by atoms with Gasteiger partial charge in [0.2, 0.25) is 0 Å². The summed E-state index contributed by atoms with van der Waals surface area (Å²) in [5.41, 5.74) is 1.69. The summed E-state index contributed by atoms with van der Waals surface area (Å²) in [6.07, 6.45) is 0. The van der Waals surface area contributed by atoms with E-state index in [0.717, 1.165) is 0 Å². The minimum atomic E-state index is -0.433. The van der Waals surface area contributed by atoms with Crippen LogP contribution in [0.15, 0.2) is 77.6 Å². The third kappa shape index (κ3) is 4.05. The first kappa shape index (κ1) is 19.3. The Balaban J connectivity index is 1.49. The predicted octanol–water partition coefficient (Wildman–Crippen LogP) is 3.85. The van der Waals surface area contributed by atoms with Gasteiger partial charge in [-0.15, -0.1) is 0 Å². The van der Waals surface area contributed by atoms with Crippen molar-refractivity contribution < 1.29 is 13.9 Å². The van der Waals surface area contributed by atoms with Crippen molar-refractivity contribution in [3.63, 3.8) is 0 Å². The highest BCUT2D eigenvalue weighted by molar-refractivity contribution is 5.92. The summed E-state index contributed by atoms with van der Waals surface area (Å²) in [5.74, 6) is 0.0306. The van der Waals surface area contributed by atoms with Gasteiger partial charge in [0.1, 0.15) is 17.4 Å². The number of nitrogens with one attached hydrogen (secondary N) is 1. The summed E-state index contributed by atoms with van der Waals surface area (Å²) in [6.45, 7) is 1.52. The highest BCUT2D eigenvalue weighted by Gasteiger charge is 2.10. The first-order chi connectivity index (χ1) is 14.5. The monoisotopic (exact) mass is 403 g/mol. The largest absolute Gasteiger partial charge is 0.484 e. The molecule has 0 fully saturated rings. The number of rotatable bonds is 5. The van der Waals surface area contributed by atoms with Gasteiger partial charge in [0.25, 0.3) is 11.5 Å². The number of carbonyl (C=O) groups is 1. The standard InChI is InChI=1S/C23H18FN3O3/c1-15-25-21-8-3-2-7-20(21)23(29)27(15)18-11-9-17(10-12-18)26-22(28)14-30-19-6-4-5-16(24)13-19/h2-13H,14H2,1H3,(H,26,28). The Hall–Kier alpha value is -4.00. The Bertz CT molecular complexity index is 1280. The maximum absolute atomic E-state index is 13.2. The number of hydrogen-bond donors (Lipinski definition) is 1. The molecular formula is C23H18FN3O3. The summed E-state index contributed by atoms with van der Waals surface area (Å²) in [6, 6.07) is 19.6. The second-order valence-electron chi connectivity index (χ2n) is 6.66. The van der Waals surface area contributed by atoms with Crippen LogP contribution in [0.3, 0.4) is 0 Å². The van der Waals surface area contributed by atoms with Crippen LogP contribution in [0.25, 0.3) is 16.6 Å². The third-order valence-electron chi connectivity index (χ3n) is 4.52. The molecule has 0 spiro atoms. The number of para-hydroxylation sites is 1. The van der Waals surface area contributed by atoms with Gasteiger partial charge in [-0.3, -0.25) is 14.2 Å². The Morgan fingerprint density at radius 3 is 2.60 bits per heavy atom. The maximum Gasteiger partial charge on any atom is 0.265 e. The first-order valence-electron chi connectivity index (χ1n) is 9.28. The molecule has 0 aliphatic rings. The van der Waals surface area contributed by atoms with Gasteiger partial charge < -0.3 is 10.1 Å². The molecule has 0 aliphatic heterocycles. The Morgan fingerprint density at radius 2 is 1.83 bits per heavy atom. The average Bonchev–Trinajstić information content (AvgIpc) is 2.74. The molecule has 0 atom stereocenters. The molecule has 7 heteroatoms. The number of anilines is 1. The second-order valence-corrected chi connectivity index (χ2v) is 6.66. The van der Waals surface area contributed by atoms with Gasteiger partial charge in [0, 0.05) is 11.8 Å². The fourth-order valence-corrected chi connectivity index (χ4v) is 3.14. The summed E-state index contributed by atoms with van der Waals surface area (Å²) < 4.78 is 20.0. The molecule has 0 radical (unpaired) electrons. The molecule has 0 saturated heterocycles. The Kier molecular flexibility index (Phi) is 5.26. The van der Waals surface area contributed by atoms with Crippen LogP contribution >= 0.6 is 0 Å². The maximum atomic E-state index is 13.2. The quantitative estimate of drug-likeness (QED) is 0.549. The zero-order valence-corrected chi connectivity index (χ0v) is 16.1. The number of hydrogen-bond acceptors (Lipinski definition) is 4. The molecule has 0 unspecified atom stereocenters. The van der Waals surface area contributed by atoms with E-state index in [1.807, 2.05) is 6.07 Å². The van der Waals surface area contributed by atoms with E-state index in [2.05, 4.69) is 10.3 Å². The molecule has 30 heavy (non-hydrogen) atoms. The van der Waals surface area contributed by atoms with Crippen molar-refractivity contribution in [1.82, 2.24) is 9.55 Å². The van der Waals surface area contributed by atoms with Gasteiger partial charge in [-0.25, -0.2) is 9.37 Å². The van der Waals surface area contributed by atoms with Crippen LogP contribution in [0.1, 0.15) is 5.82 Å². The molecule has 4 aromatic rings. The van der Waals surface area contributed by atoms with Crippen molar-refractivity contribution in [2.24, 2.45) is 0 Å². The smallest absolute Gasteiger partial charge is 0.265 e. The van der Waals surface area contributed by atoms with Gasteiger partial charge in [0.05, 0.1) is 16.6 Å². The summed E-state index contributed by atoms with van der Waals surface area (Å²) >= 11 is 0. The number of ether oxygens (including phenoxy) is 1. The molecule has 6 nitrogen and oxygen atoms in total. The van der Waals surface area contributed by atoms with Crippen LogP contribution in [0.2, 0.25) is 0 Å². The van der Waals surface area contributed by atoms with Crippen LogP contribution in [0.4, 0.5) is 10.1 Å². The van der Waals surface area contributed by atoms with Crippen molar-refractivity contribution in [2.45, 2.75) is 6.92 Å². The Labute approximate surface area is 171 Å². The topological polar surface area (TPSA) is 73.2 Å². The third-order valence-corrected chi connectivity index (χ3v) is 4.52. The van der Waals surface area contributed by atoms with Crippen LogP contribution < -0.4 is 15.6 Å². The molecule has 0 bridgehead atoms. The van der Waals surface area contributed by atoms with E-state index in [9.17, 15) is 14.0 Å². The molecule has 1 aromatic heterocycles. The van der Waals surface area contributed by atoms with Crippen molar-refractivity contribution in [3.8, 4) is 11.4 Å². The van der Waals surface area contributed by atoms with Crippen LogP contribution in [-0.4, -0.2) is 22.1 Å². The number of fused-ring (bicyclic) bond motifs is 1. The van der Waals surface area contributed by atoms with Gasteiger partial charge in [0.15, 0.2) is 6.61 Å². The molecule has 1 N–H and O–H groups in total. The molecule has 1 heterocycles. The number of amides is 1. The number of aryl methyl sites for hydroxylation is 1.